The van der Waals surface area contributed by atoms with Crippen molar-refractivity contribution in [2.75, 3.05) is 9.80 Å². The summed E-state index contributed by atoms with van der Waals surface area (Å²) in [6.45, 7) is 0. The summed E-state index contributed by atoms with van der Waals surface area (Å²) in [6, 6.07) is 12.3. The molecule has 2 aromatic rings. The minimum absolute atomic E-state index is 0.00163. The molecule has 2 aromatic carbocycles. The van der Waals surface area contributed by atoms with Crippen LogP contribution >= 0.6 is 48.0 Å². The van der Waals surface area contributed by atoms with Crippen molar-refractivity contribution in [1.29, 1.82) is 0 Å². The SMILES string of the molecule is O=C1C(=C2SC(=S)N(c3cccc(O)c3)C2=O)SC(=S)N1c1cccc(O)c1. The molecular formula is C18H10N2O4S4. The van der Waals surface area contributed by atoms with Gasteiger partial charge in [-0.25, -0.2) is 0 Å². The third kappa shape index (κ3) is 3.18. The van der Waals surface area contributed by atoms with Gasteiger partial charge in [0, 0.05) is 12.1 Å². The van der Waals surface area contributed by atoms with Crippen LogP contribution in [0.2, 0.25) is 0 Å². The topological polar surface area (TPSA) is 81.1 Å². The Kier molecular flexibility index (Phi) is 4.88. The second-order valence-corrected chi connectivity index (χ2v) is 9.00. The van der Waals surface area contributed by atoms with E-state index in [1.54, 1.807) is 24.3 Å². The molecule has 0 unspecified atom stereocenters. The van der Waals surface area contributed by atoms with Gasteiger partial charge in [0.15, 0.2) is 8.64 Å². The lowest BCUT2D eigenvalue weighted by molar-refractivity contribution is -0.115. The van der Waals surface area contributed by atoms with Gasteiger partial charge in [-0.2, -0.15) is 0 Å². The van der Waals surface area contributed by atoms with Crippen LogP contribution in [-0.4, -0.2) is 30.7 Å². The molecule has 0 aromatic heterocycles. The van der Waals surface area contributed by atoms with Gasteiger partial charge in [-0.05, 0) is 24.3 Å². The van der Waals surface area contributed by atoms with Crippen molar-refractivity contribution in [1.82, 2.24) is 0 Å². The summed E-state index contributed by atoms with van der Waals surface area (Å²) in [5.74, 6) is -0.891. The average molecular weight is 447 g/mol. The number of aromatic hydroxyl groups is 2. The molecule has 2 heterocycles. The monoisotopic (exact) mass is 446 g/mol. The Hall–Kier alpha value is -2.40. The number of phenols is 2. The lowest BCUT2D eigenvalue weighted by Crippen LogP contribution is -2.29. The maximum atomic E-state index is 13.0. The third-order valence-corrected chi connectivity index (χ3v) is 6.80. The lowest BCUT2D eigenvalue weighted by atomic mass is 10.2. The van der Waals surface area contributed by atoms with Crippen molar-refractivity contribution in [2.45, 2.75) is 0 Å². The fraction of sp³-hybridized carbons (Fsp3) is 0. The Bertz CT molecular complexity index is 1010. The molecule has 2 amide bonds. The number of carbonyl (C=O) groups excluding carboxylic acids is 2. The average Bonchev–Trinajstić information content (AvgIpc) is 3.10. The summed E-state index contributed by atoms with van der Waals surface area (Å²) in [4.78, 5) is 28.9. The summed E-state index contributed by atoms with van der Waals surface area (Å²) in [7, 11) is 0. The molecule has 0 spiro atoms. The highest BCUT2D eigenvalue weighted by Gasteiger charge is 2.43. The van der Waals surface area contributed by atoms with E-state index in [2.05, 4.69) is 0 Å². The normalized spacial score (nSPS) is 19.9. The highest BCUT2D eigenvalue weighted by atomic mass is 32.2. The second-order valence-electron chi connectivity index (χ2n) is 5.72. The first-order chi connectivity index (χ1) is 13.4. The molecule has 2 saturated heterocycles. The molecule has 140 valence electrons. The van der Waals surface area contributed by atoms with E-state index in [4.69, 9.17) is 24.4 Å². The zero-order valence-corrected chi connectivity index (χ0v) is 17.1. The van der Waals surface area contributed by atoms with E-state index in [9.17, 15) is 19.8 Å². The number of carbonyl (C=O) groups is 2. The number of rotatable bonds is 2. The smallest absolute Gasteiger partial charge is 0.272 e. The van der Waals surface area contributed by atoms with Gasteiger partial charge in [0.2, 0.25) is 0 Å². The summed E-state index contributed by atoms with van der Waals surface area (Å²) < 4.78 is 0.515. The number of thioether (sulfide) groups is 2. The second kappa shape index (κ2) is 7.21. The van der Waals surface area contributed by atoms with Crippen LogP contribution in [-0.2, 0) is 9.59 Å². The quantitative estimate of drug-likeness (QED) is 0.533. The molecule has 0 radical (unpaired) electrons. The van der Waals surface area contributed by atoms with Gasteiger partial charge in [-0.15, -0.1) is 0 Å². The van der Waals surface area contributed by atoms with Crippen LogP contribution in [0.1, 0.15) is 0 Å². The summed E-state index contributed by atoms with van der Waals surface area (Å²) in [5, 5.41) is 19.4. The molecule has 0 aliphatic carbocycles. The molecule has 2 aliphatic rings. The number of thiocarbonyl (C=S) groups is 2. The molecule has 2 fully saturated rings. The number of benzene rings is 2. The van der Waals surface area contributed by atoms with Crippen molar-refractivity contribution >= 4 is 79.8 Å². The molecule has 0 bridgehead atoms. The maximum absolute atomic E-state index is 13.0. The first-order valence-corrected chi connectivity index (χ1v) is 10.3. The van der Waals surface area contributed by atoms with Crippen LogP contribution in [0.3, 0.4) is 0 Å². The minimum Gasteiger partial charge on any atom is -0.508 e. The van der Waals surface area contributed by atoms with E-state index in [0.717, 1.165) is 23.5 Å². The molecule has 28 heavy (non-hydrogen) atoms. The maximum Gasteiger partial charge on any atom is 0.272 e. The number of nitrogens with zero attached hydrogens (tertiary/aromatic N) is 2. The largest absolute Gasteiger partial charge is 0.508 e. The summed E-state index contributed by atoms with van der Waals surface area (Å²) in [5.41, 5.74) is 0.835. The molecule has 2 N–H and O–H groups in total. The molecular weight excluding hydrogens is 436 g/mol. The van der Waals surface area contributed by atoms with Gasteiger partial charge in [-0.3, -0.25) is 19.4 Å². The van der Waals surface area contributed by atoms with Crippen LogP contribution < -0.4 is 9.80 Å². The van der Waals surface area contributed by atoms with Crippen LogP contribution in [0.5, 0.6) is 11.5 Å². The highest BCUT2D eigenvalue weighted by Crippen LogP contribution is 2.45. The van der Waals surface area contributed by atoms with Crippen molar-refractivity contribution < 1.29 is 19.8 Å². The molecule has 0 atom stereocenters. The summed E-state index contributed by atoms with van der Waals surface area (Å²) >= 11 is 12.7. The Morgan fingerprint density at radius 2 is 1.11 bits per heavy atom. The predicted octanol–water partition coefficient (Wildman–Crippen LogP) is 3.74. The van der Waals surface area contributed by atoms with Crippen LogP contribution in [0.15, 0.2) is 58.3 Å². The third-order valence-electron chi connectivity index (χ3n) is 3.92. The van der Waals surface area contributed by atoms with E-state index in [0.29, 0.717) is 11.4 Å². The molecule has 6 nitrogen and oxygen atoms in total. The van der Waals surface area contributed by atoms with Crippen molar-refractivity contribution in [3.63, 3.8) is 0 Å². The predicted molar refractivity (Wildman–Crippen MR) is 119 cm³/mol. The van der Waals surface area contributed by atoms with Crippen LogP contribution in [0.25, 0.3) is 0 Å². The molecule has 10 heteroatoms. The standard InChI is InChI=1S/C18H10N2O4S4/c21-11-5-1-3-9(7-11)19-15(23)13(27-17(19)25)14-16(24)20(18(26)28-14)10-4-2-6-12(22)8-10/h1-8,21-22H. The van der Waals surface area contributed by atoms with E-state index in [-0.39, 0.29) is 30.0 Å². The van der Waals surface area contributed by atoms with Crippen molar-refractivity contribution in [2.24, 2.45) is 0 Å². The first-order valence-electron chi connectivity index (χ1n) is 7.81. The molecule has 4 rings (SSSR count). The van der Waals surface area contributed by atoms with Gasteiger partial charge in [-0.1, -0.05) is 60.1 Å². The van der Waals surface area contributed by atoms with E-state index >= 15 is 0 Å². The number of amides is 2. The van der Waals surface area contributed by atoms with Crippen molar-refractivity contribution in [3.05, 3.63) is 58.3 Å². The molecule has 2 aliphatic heterocycles. The zero-order chi connectivity index (χ0) is 20.0. The van der Waals surface area contributed by atoms with E-state index < -0.39 is 11.8 Å². The number of phenolic OH excluding ortho intramolecular Hbond substituents is 2. The van der Waals surface area contributed by atoms with Crippen LogP contribution in [0, 0.1) is 0 Å². The zero-order valence-electron chi connectivity index (χ0n) is 13.9. The Morgan fingerprint density at radius 1 is 0.714 bits per heavy atom. The van der Waals surface area contributed by atoms with Crippen molar-refractivity contribution in [3.8, 4) is 11.5 Å². The van der Waals surface area contributed by atoms with Gasteiger partial charge >= 0.3 is 0 Å². The Balaban J connectivity index is 1.72. The first kappa shape index (κ1) is 18.9. The summed E-state index contributed by atoms with van der Waals surface area (Å²) in [6.07, 6.45) is 0. The number of anilines is 2. The highest BCUT2D eigenvalue weighted by molar-refractivity contribution is 8.30. The van der Waals surface area contributed by atoms with Crippen LogP contribution in [0.4, 0.5) is 11.4 Å². The number of hydrogen-bond donors (Lipinski definition) is 2. The fourth-order valence-corrected chi connectivity index (χ4v) is 5.47. The van der Waals surface area contributed by atoms with E-state index in [1.807, 2.05) is 0 Å². The fourth-order valence-electron chi connectivity index (χ4n) is 2.72. The van der Waals surface area contributed by atoms with Gasteiger partial charge in [0.25, 0.3) is 11.8 Å². The van der Waals surface area contributed by atoms with Gasteiger partial charge in [0.05, 0.1) is 21.2 Å². The minimum atomic E-state index is -0.447. The Labute approximate surface area is 178 Å². The number of hydrogen-bond acceptors (Lipinski definition) is 8. The Morgan fingerprint density at radius 3 is 1.46 bits per heavy atom. The van der Waals surface area contributed by atoms with Gasteiger partial charge in [0.1, 0.15) is 11.5 Å². The lowest BCUT2D eigenvalue weighted by Gasteiger charge is -2.15. The molecule has 0 saturated carbocycles. The van der Waals surface area contributed by atoms with E-state index in [1.165, 1.54) is 34.1 Å². The van der Waals surface area contributed by atoms with Gasteiger partial charge < -0.3 is 10.2 Å².